The Morgan fingerprint density at radius 1 is 1.46 bits per heavy atom. The fourth-order valence-corrected chi connectivity index (χ4v) is 0.891. The third-order valence-corrected chi connectivity index (χ3v) is 1.44. The zero-order chi connectivity index (χ0) is 9.68. The van der Waals surface area contributed by atoms with Gasteiger partial charge in [-0.1, -0.05) is 0 Å². The number of ketones is 1. The molecule has 0 aliphatic carbocycles. The standard InChI is InChI=1S/C8H12N2O3/c1-6(11)5-13-8(12)4-7-9-2-3-10-7/h4,9-10H,2-3,5H2,1H3. The molecule has 1 saturated heterocycles. The Labute approximate surface area is 76.1 Å². The zero-order valence-corrected chi connectivity index (χ0v) is 7.42. The van der Waals surface area contributed by atoms with Crippen molar-refractivity contribution < 1.29 is 14.3 Å². The first-order valence-corrected chi connectivity index (χ1v) is 4.04. The molecule has 0 unspecified atom stereocenters. The molecule has 72 valence electrons. The Morgan fingerprint density at radius 3 is 2.62 bits per heavy atom. The number of Topliss-reactive ketones (excluding diaryl/α,β-unsaturated/α-hetero) is 1. The molecule has 0 spiro atoms. The van der Waals surface area contributed by atoms with Gasteiger partial charge in [0.25, 0.3) is 0 Å². The van der Waals surface area contributed by atoms with E-state index in [1.807, 2.05) is 0 Å². The van der Waals surface area contributed by atoms with Crippen LogP contribution in [-0.4, -0.2) is 31.4 Å². The largest absolute Gasteiger partial charge is 0.454 e. The van der Waals surface area contributed by atoms with Gasteiger partial charge in [-0.25, -0.2) is 4.79 Å². The van der Waals surface area contributed by atoms with Crippen molar-refractivity contribution in [2.24, 2.45) is 0 Å². The SMILES string of the molecule is CC(=O)COC(=O)C=C1NCCN1. The van der Waals surface area contributed by atoms with Crippen molar-refractivity contribution in [3.05, 3.63) is 11.9 Å². The predicted molar refractivity (Wildman–Crippen MR) is 45.7 cm³/mol. The predicted octanol–water partition coefficient (Wildman–Crippen LogP) is -0.847. The molecule has 2 N–H and O–H groups in total. The van der Waals surface area contributed by atoms with Gasteiger partial charge in [-0.3, -0.25) is 4.79 Å². The highest BCUT2D eigenvalue weighted by atomic mass is 16.5. The normalized spacial score (nSPS) is 14.4. The second-order valence-corrected chi connectivity index (χ2v) is 2.72. The molecular formula is C8H12N2O3. The van der Waals surface area contributed by atoms with Crippen LogP contribution in [0, 0.1) is 0 Å². The minimum atomic E-state index is -0.507. The van der Waals surface area contributed by atoms with Crippen molar-refractivity contribution in [3.63, 3.8) is 0 Å². The molecule has 0 aromatic heterocycles. The molecule has 0 atom stereocenters. The first kappa shape index (κ1) is 9.57. The van der Waals surface area contributed by atoms with E-state index in [1.165, 1.54) is 13.0 Å². The maximum absolute atomic E-state index is 11.0. The van der Waals surface area contributed by atoms with Crippen LogP contribution in [0.4, 0.5) is 0 Å². The summed E-state index contributed by atoms with van der Waals surface area (Å²) in [4.78, 5) is 21.4. The highest BCUT2D eigenvalue weighted by Gasteiger charge is 2.07. The van der Waals surface area contributed by atoms with Crippen LogP contribution in [-0.2, 0) is 14.3 Å². The zero-order valence-electron chi connectivity index (χ0n) is 7.42. The number of rotatable bonds is 3. The van der Waals surface area contributed by atoms with Gasteiger partial charge in [-0.05, 0) is 6.92 Å². The molecule has 13 heavy (non-hydrogen) atoms. The summed E-state index contributed by atoms with van der Waals surface area (Å²) in [6, 6.07) is 0. The van der Waals surface area contributed by atoms with Gasteiger partial charge in [0.05, 0.1) is 6.08 Å². The Bertz CT molecular complexity index is 240. The number of carbonyl (C=O) groups excluding carboxylic acids is 2. The molecule has 0 amide bonds. The number of esters is 1. The quantitative estimate of drug-likeness (QED) is 0.442. The smallest absolute Gasteiger partial charge is 0.334 e. The van der Waals surface area contributed by atoms with Crippen molar-refractivity contribution >= 4 is 11.8 Å². The van der Waals surface area contributed by atoms with Crippen LogP contribution in [0.15, 0.2) is 11.9 Å². The van der Waals surface area contributed by atoms with Gasteiger partial charge < -0.3 is 15.4 Å². The summed E-state index contributed by atoms with van der Waals surface area (Å²) in [6.45, 7) is 2.80. The van der Waals surface area contributed by atoms with Gasteiger partial charge >= 0.3 is 5.97 Å². The average Bonchev–Trinajstić information content (AvgIpc) is 2.53. The monoisotopic (exact) mass is 184 g/mol. The second-order valence-electron chi connectivity index (χ2n) is 2.72. The van der Waals surface area contributed by atoms with E-state index in [2.05, 4.69) is 15.4 Å². The molecule has 1 heterocycles. The number of ether oxygens (including phenoxy) is 1. The van der Waals surface area contributed by atoms with E-state index >= 15 is 0 Å². The van der Waals surface area contributed by atoms with Crippen LogP contribution in [0.3, 0.4) is 0 Å². The summed E-state index contributed by atoms with van der Waals surface area (Å²) in [7, 11) is 0. The Kier molecular flexibility index (Phi) is 3.31. The Morgan fingerprint density at radius 2 is 2.08 bits per heavy atom. The number of hydrogen-bond acceptors (Lipinski definition) is 5. The number of nitrogens with one attached hydrogen (secondary N) is 2. The van der Waals surface area contributed by atoms with Gasteiger partial charge in [0, 0.05) is 13.1 Å². The van der Waals surface area contributed by atoms with E-state index in [0.29, 0.717) is 5.82 Å². The third kappa shape index (κ3) is 3.59. The maximum atomic E-state index is 11.0. The first-order valence-electron chi connectivity index (χ1n) is 4.04. The lowest BCUT2D eigenvalue weighted by molar-refractivity contribution is -0.142. The summed E-state index contributed by atoms with van der Waals surface area (Å²) >= 11 is 0. The molecule has 0 saturated carbocycles. The van der Waals surface area contributed by atoms with Gasteiger partial charge in [0.15, 0.2) is 5.78 Å². The van der Waals surface area contributed by atoms with Crippen molar-refractivity contribution in [1.29, 1.82) is 0 Å². The van der Waals surface area contributed by atoms with E-state index in [-0.39, 0.29) is 12.4 Å². The average molecular weight is 184 g/mol. The summed E-state index contributed by atoms with van der Waals surface area (Å²) in [5.74, 6) is -0.0280. The highest BCUT2D eigenvalue weighted by Crippen LogP contribution is 1.91. The molecule has 5 nitrogen and oxygen atoms in total. The fraction of sp³-hybridized carbons (Fsp3) is 0.500. The lowest BCUT2D eigenvalue weighted by atomic mass is 10.5. The minimum absolute atomic E-state index is 0.164. The molecule has 0 aromatic carbocycles. The molecule has 1 rings (SSSR count). The summed E-state index contributed by atoms with van der Waals surface area (Å²) in [5.41, 5.74) is 0. The lowest BCUT2D eigenvalue weighted by Crippen LogP contribution is -2.15. The van der Waals surface area contributed by atoms with Crippen LogP contribution >= 0.6 is 0 Å². The maximum Gasteiger partial charge on any atom is 0.334 e. The second kappa shape index (κ2) is 4.49. The van der Waals surface area contributed by atoms with Crippen molar-refractivity contribution in [2.45, 2.75) is 6.92 Å². The van der Waals surface area contributed by atoms with Crippen LogP contribution < -0.4 is 10.6 Å². The van der Waals surface area contributed by atoms with Crippen molar-refractivity contribution in [2.75, 3.05) is 19.7 Å². The minimum Gasteiger partial charge on any atom is -0.454 e. The van der Waals surface area contributed by atoms with E-state index in [1.54, 1.807) is 0 Å². The lowest BCUT2D eigenvalue weighted by Gasteiger charge is -2.00. The molecule has 5 heteroatoms. The molecule has 1 aliphatic rings. The van der Waals surface area contributed by atoms with Crippen molar-refractivity contribution in [1.82, 2.24) is 10.6 Å². The van der Waals surface area contributed by atoms with Gasteiger partial charge in [0.2, 0.25) is 0 Å². The first-order chi connectivity index (χ1) is 6.18. The summed E-state index contributed by atoms with van der Waals surface area (Å²) in [6.07, 6.45) is 1.30. The van der Waals surface area contributed by atoms with E-state index in [4.69, 9.17) is 0 Å². The van der Waals surface area contributed by atoms with Gasteiger partial charge in [-0.15, -0.1) is 0 Å². The topological polar surface area (TPSA) is 67.4 Å². The van der Waals surface area contributed by atoms with Gasteiger partial charge in [0.1, 0.15) is 12.4 Å². The summed E-state index contributed by atoms with van der Waals surface area (Å²) in [5, 5.41) is 5.88. The number of carbonyl (C=O) groups is 2. The third-order valence-electron chi connectivity index (χ3n) is 1.44. The Balaban J connectivity index is 2.31. The van der Waals surface area contributed by atoms with Gasteiger partial charge in [-0.2, -0.15) is 0 Å². The van der Waals surface area contributed by atoms with Crippen LogP contribution in [0.1, 0.15) is 6.92 Å². The van der Waals surface area contributed by atoms with E-state index in [9.17, 15) is 9.59 Å². The highest BCUT2D eigenvalue weighted by molar-refractivity contribution is 5.86. The van der Waals surface area contributed by atoms with Crippen molar-refractivity contribution in [3.8, 4) is 0 Å². The molecule has 0 aromatic rings. The number of hydrogen-bond donors (Lipinski definition) is 2. The molecule has 0 bridgehead atoms. The van der Waals surface area contributed by atoms with E-state index < -0.39 is 5.97 Å². The fourth-order valence-electron chi connectivity index (χ4n) is 0.891. The van der Waals surface area contributed by atoms with Crippen LogP contribution in [0.5, 0.6) is 0 Å². The Hall–Kier alpha value is -1.52. The van der Waals surface area contributed by atoms with Crippen LogP contribution in [0.2, 0.25) is 0 Å². The van der Waals surface area contributed by atoms with E-state index in [0.717, 1.165) is 13.1 Å². The molecule has 1 aliphatic heterocycles. The molecular weight excluding hydrogens is 172 g/mol. The summed E-state index contributed by atoms with van der Waals surface area (Å²) < 4.78 is 4.62. The van der Waals surface area contributed by atoms with Crippen LogP contribution in [0.25, 0.3) is 0 Å². The molecule has 1 fully saturated rings. The molecule has 0 radical (unpaired) electrons.